The first-order chi connectivity index (χ1) is 12.6. The van der Waals surface area contributed by atoms with Crippen LogP contribution in [0.4, 0.5) is 0 Å². The highest BCUT2D eigenvalue weighted by Gasteiger charge is 2.43. The van der Waals surface area contributed by atoms with Crippen LogP contribution < -0.4 is 5.32 Å². The zero-order valence-electron chi connectivity index (χ0n) is 16.2. The number of hydrogen-bond acceptors (Lipinski definition) is 3. The van der Waals surface area contributed by atoms with E-state index in [0.717, 1.165) is 57.8 Å². The predicted octanol–water partition coefficient (Wildman–Crippen LogP) is 2.55. The van der Waals surface area contributed by atoms with Crippen LogP contribution in [0.25, 0.3) is 0 Å². The number of carbonyl (C=O) groups excluding carboxylic acids is 2. The van der Waals surface area contributed by atoms with Crippen LogP contribution in [0.1, 0.15) is 70.6 Å². The lowest BCUT2D eigenvalue weighted by atomic mass is 9.73. The van der Waals surface area contributed by atoms with Crippen LogP contribution in [0, 0.1) is 11.3 Å². The molecule has 146 valence electrons. The molecule has 5 nitrogen and oxygen atoms in total. The second-order valence-electron chi connectivity index (χ2n) is 9.43. The maximum absolute atomic E-state index is 12.5. The van der Waals surface area contributed by atoms with Crippen LogP contribution in [0.15, 0.2) is 0 Å². The van der Waals surface area contributed by atoms with Crippen LogP contribution in [0.3, 0.4) is 0 Å². The van der Waals surface area contributed by atoms with Crippen molar-refractivity contribution in [1.29, 1.82) is 0 Å². The van der Waals surface area contributed by atoms with Gasteiger partial charge >= 0.3 is 0 Å². The van der Waals surface area contributed by atoms with Gasteiger partial charge in [0, 0.05) is 37.5 Å². The van der Waals surface area contributed by atoms with Gasteiger partial charge in [0.2, 0.25) is 11.8 Å². The largest absolute Gasteiger partial charge is 0.352 e. The third kappa shape index (κ3) is 4.59. The molecule has 2 heterocycles. The molecule has 4 rings (SSSR count). The summed E-state index contributed by atoms with van der Waals surface area (Å²) >= 11 is 0. The molecule has 0 bridgehead atoms. The molecule has 0 aromatic carbocycles. The van der Waals surface area contributed by atoms with Crippen molar-refractivity contribution >= 4 is 11.8 Å². The van der Waals surface area contributed by atoms with Gasteiger partial charge in [-0.15, -0.1) is 0 Å². The number of carbonyl (C=O) groups is 2. The first-order valence-electron chi connectivity index (χ1n) is 10.9. The molecule has 5 heteroatoms. The molecule has 4 aliphatic rings. The number of amides is 2. The van der Waals surface area contributed by atoms with E-state index in [-0.39, 0.29) is 11.3 Å². The molecule has 2 aliphatic carbocycles. The van der Waals surface area contributed by atoms with E-state index in [9.17, 15) is 9.59 Å². The molecule has 2 amide bonds. The summed E-state index contributed by atoms with van der Waals surface area (Å²) in [5.41, 5.74) is 0.228. The topological polar surface area (TPSA) is 52.7 Å². The fraction of sp³-hybridized carbons (Fsp3) is 0.905. The third-order valence-corrected chi connectivity index (χ3v) is 7.00. The number of piperidine rings is 2. The summed E-state index contributed by atoms with van der Waals surface area (Å²) < 4.78 is 0. The molecule has 26 heavy (non-hydrogen) atoms. The molecule has 0 aromatic heterocycles. The Balaban J connectivity index is 1.30. The minimum absolute atomic E-state index is 0.204. The molecule has 2 saturated heterocycles. The highest BCUT2D eigenvalue weighted by atomic mass is 16.2. The van der Waals surface area contributed by atoms with Gasteiger partial charge in [0.05, 0.1) is 6.54 Å². The number of hydrogen-bond donors (Lipinski definition) is 1. The van der Waals surface area contributed by atoms with Gasteiger partial charge in [-0.05, 0) is 57.4 Å². The van der Waals surface area contributed by atoms with Crippen molar-refractivity contribution in [1.82, 2.24) is 15.1 Å². The van der Waals surface area contributed by atoms with Gasteiger partial charge in [-0.25, -0.2) is 0 Å². The van der Waals surface area contributed by atoms with Crippen LogP contribution in [0.5, 0.6) is 0 Å². The SMILES string of the molecule is O=C(CN1CCC[C@@]2(CCC(=O)N(CC3CC3)C2)C1)NC1CCCCC1. The molecule has 4 fully saturated rings. The van der Waals surface area contributed by atoms with E-state index in [4.69, 9.17) is 0 Å². The smallest absolute Gasteiger partial charge is 0.234 e. The predicted molar refractivity (Wildman–Crippen MR) is 102 cm³/mol. The standard InChI is InChI=1S/C21H35N3O2/c25-19(22-18-5-2-1-3-6-18)14-23-12-4-10-21(15-23)11-9-20(26)24(16-21)13-17-7-8-17/h17-18H,1-16H2,(H,22,25)/t21-/m1/s1. The summed E-state index contributed by atoms with van der Waals surface area (Å²) in [5.74, 6) is 1.32. The molecule has 1 N–H and O–H groups in total. The summed E-state index contributed by atoms with van der Waals surface area (Å²) in [5, 5.41) is 3.26. The van der Waals surface area contributed by atoms with Crippen LogP contribution in [0.2, 0.25) is 0 Å². The normalized spacial score (nSPS) is 31.4. The second kappa shape index (κ2) is 7.87. The maximum atomic E-state index is 12.5. The quantitative estimate of drug-likeness (QED) is 0.819. The van der Waals surface area contributed by atoms with E-state index in [1.165, 1.54) is 38.5 Å². The van der Waals surface area contributed by atoms with Crippen molar-refractivity contribution < 1.29 is 9.59 Å². The highest BCUT2D eigenvalue weighted by molar-refractivity contribution is 5.78. The van der Waals surface area contributed by atoms with E-state index < -0.39 is 0 Å². The first-order valence-corrected chi connectivity index (χ1v) is 10.9. The van der Waals surface area contributed by atoms with Gasteiger partial charge in [-0.1, -0.05) is 19.3 Å². The van der Waals surface area contributed by atoms with Gasteiger partial charge < -0.3 is 10.2 Å². The fourth-order valence-corrected chi connectivity index (χ4v) is 5.38. The second-order valence-corrected chi connectivity index (χ2v) is 9.43. The third-order valence-electron chi connectivity index (χ3n) is 7.00. The summed E-state index contributed by atoms with van der Waals surface area (Å²) in [6, 6.07) is 0.399. The van der Waals surface area contributed by atoms with Gasteiger partial charge in [-0.3, -0.25) is 14.5 Å². The van der Waals surface area contributed by atoms with Crippen molar-refractivity contribution in [3.05, 3.63) is 0 Å². The molecule has 0 aromatic rings. The molecule has 1 atom stereocenters. The molecule has 2 aliphatic heterocycles. The number of nitrogens with zero attached hydrogens (tertiary/aromatic N) is 2. The number of nitrogens with one attached hydrogen (secondary N) is 1. The number of rotatable bonds is 5. The lowest BCUT2D eigenvalue weighted by Crippen LogP contribution is -2.55. The summed E-state index contributed by atoms with van der Waals surface area (Å²) in [7, 11) is 0. The van der Waals surface area contributed by atoms with Gasteiger partial charge in [-0.2, -0.15) is 0 Å². The summed E-state index contributed by atoms with van der Waals surface area (Å²) in [4.78, 5) is 29.3. The lowest BCUT2D eigenvalue weighted by Gasteiger charge is -2.48. The van der Waals surface area contributed by atoms with Crippen molar-refractivity contribution in [2.24, 2.45) is 11.3 Å². The summed E-state index contributed by atoms with van der Waals surface area (Å²) in [6.45, 7) is 4.44. The molecule has 0 unspecified atom stereocenters. The number of likely N-dealkylation sites (tertiary alicyclic amines) is 2. The molecule has 0 radical (unpaired) electrons. The fourth-order valence-electron chi connectivity index (χ4n) is 5.38. The van der Waals surface area contributed by atoms with Crippen molar-refractivity contribution in [2.45, 2.75) is 76.7 Å². The summed E-state index contributed by atoms with van der Waals surface area (Å²) in [6.07, 6.45) is 12.8. The lowest BCUT2D eigenvalue weighted by molar-refractivity contribution is -0.140. The zero-order chi connectivity index (χ0) is 18.0. The van der Waals surface area contributed by atoms with Crippen LogP contribution in [-0.4, -0.2) is 60.4 Å². The van der Waals surface area contributed by atoms with E-state index in [2.05, 4.69) is 15.1 Å². The first kappa shape index (κ1) is 18.3. The minimum atomic E-state index is 0.204. The Labute approximate surface area is 157 Å². The zero-order valence-corrected chi connectivity index (χ0v) is 16.2. The average molecular weight is 362 g/mol. The minimum Gasteiger partial charge on any atom is -0.352 e. The Morgan fingerprint density at radius 2 is 1.85 bits per heavy atom. The monoisotopic (exact) mass is 361 g/mol. The van der Waals surface area contributed by atoms with E-state index in [0.29, 0.717) is 24.9 Å². The Kier molecular flexibility index (Phi) is 5.53. The van der Waals surface area contributed by atoms with Crippen molar-refractivity contribution in [2.75, 3.05) is 32.7 Å². The van der Waals surface area contributed by atoms with E-state index in [1.54, 1.807) is 0 Å². The van der Waals surface area contributed by atoms with Crippen molar-refractivity contribution in [3.8, 4) is 0 Å². The highest BCUT2D eigenvalue weighted by Crippen LogP contribution is 2.40. The maximum Gasteiger partial charge on any atom is 0.234 e. The molecule has 1 spiro atoms. The Morgan fingerprint density at radius 1 is 1.04 bits per heavy atom. The Bertz CT molecular complexity index is 527. The van der Waals surface area contributed by atoms with E-state index in [1.807, 2.05) is 0 Å². The Morgan fingerprint density at radius 3 is 2.62 bits per heavy atom. The molecular weight excluding hydrogens is 326 g/mol. The van der Waals surface area contributed by atoms with Crippen molar-refractivity contribution in [3.63, 3.8) is 0 Å². The van der Waals surface area contributed by atoms with Gasteiger partial charge in [0.25, 0.3) is 0 Å². The van der Waals surface area contributed by atoms with Gasteiger partial charge in [0.15, 0.2) is 0 Å². The van der Waals surface area contributed by atoms with Crippen LogP contribution >= 0.6 is 0 Å². The Hall–Kier alpha value is -1.10. The van der Waals surface area contributed by atoms with Crippen LogP contribution in [-0.2, 0) is 9.59 Å². The van der Waals surface area contributed by atoms with E-state index >= 15 is 0 Å². The average Bonchev–Trinajstić information content (AvgIpc) is 3.43. The van der Waals surface area contributed by atoms with Gasteiger partial charge in [0.1, 0.15) is 0 Å². The molecular formula is C21H35N3O2. The molecule has 2 saturated carbocycles.